The van der Waals surface area contributed by atoms with Crippen molar-refractivity contribution in [2.75, 3.05) is 14.2 Å². The van der Waals surface area contributed by atoms with Gasteiger partial charge in [-0.2, -0.15) is 0 Å². The van der Waals surface area contributed by atoms with E-state index in [0.29, 0.717) is 0 Å². The highest BCUT2D eigenvalue weighted by atomic mass is 16.4. The number of hydrogen-bond acceptors (Lipinski definition) is 1. The number of methoxy groups -OCH3 is 1. The Bertz CT molecular complexity index is 242. The molecule has 0 amide bonds. The van der Waals surface area contributed by atoms with Gasteiger partial charge in [0.2, 0.25) is 0 Å². The van der Waals surface area contributed by atoms with Crippen molar-refractivity contribution in [2.45, 2.75) is 53.4 Å². The Morgan fingerprint density at radius 3 is 1.82 bits per heavy atom. The van der Waals surface area contributed by atoms with Crippen molar-refractivity contribution in [1.82, 2.24) is 0 Å². The van der Waals surface area contributed by atoms with Gasteiger partial charge in [0.05, 0.1) is 0 Å². The first-order valence-electron chi connectivity index (χ1n) is 6.27. The molecule has 0 unspecified atom stereocenters. The van der Waals surface area contributed by atoms with E-state index in [0.717, 1.165) is 12.8 Å². The van der Waals surface area contributed by atoms with Gasteiger partial charge in [-0.05, 0) is 53.4 Å². The fourth-order valence-corrected chi connectivity index (χ4v) is 1.26. The van der Waals surface area contributed by atoms with Gasteiger partial charge >= 0.3 is 0 Å². The minimum atomic E-state index is 1.12. The summed E-state index contributed by atoms with van der Waals surface area (Å²) < 4.78 is 4.25. The first kappa shape index (κ1) is 18.5. The van der Waals surface area contributed by atoms with Crippen LogP contribution < -0.4 is 0 Å². The van der Waals surface area contributed by atoms with E-state index in [1.165, 1.54) is 29.6 Å². The van der Waals surface area contributed by atoms with Gasteiger partial charge in [-0.3, -0.25) is 0 Å². The largest absolute Gasteiger partial charge is 0.388 e. The second kappa shape index (κ2) is 13.2. The highest BCUT2D eigenvalue weighted by Gasteiger charge is 1.89. The van der Waals surface area contributed by atoms with E-state index < -0.39 is 0 Å². The van der Waals surface area contributed by atoms with Crippen molar-refractivity contribution in [3.05, 3.63) is 35.5 Å². The molecule has 100 valence electrons. The molecule has 0 aliphatic heterocycles. The SMILES string of the molecule is C=C(C)CCC=C(C)CCC=C(C)C.COC. The van der Waals surface area contributed by atoms with Gasteiger partial charge in [0, 0.05) is 14.2 Å². The first-order valence-corrected chi connectivity index (χ1v) is 6.27. The lowest BCUT2D eigenvalue weighted by Gasteiger charge is -1.99. The molecular weight excluding hydrogens is 208 g/mol. The molecule has 0 aromatic carbocycles. The fourth-order valence-electron chi connectivity index (χ4n) is 1.26. The van der Waals surface area contributed by atoms with E-state index in [9.17, 15) is 0 Å². The smallest absolute Gasteiger partial charge is 0.0351 e. The molecule has 17 heavy (non-hydrogen) atoms. The summed E-state index contributed by atoms with van der Waals surface area (Å²) in [7, 11) is 3.25. The zero-order valence-electron chi connectivity index (χ0n) is 12.6. The molecule has 1 heteroatoms. The predicted octanol–water partition coefficient (Wildman–Crippen LogP) is 5.30. The van der Waals surface area contributed by atoms with Gasteiger partial charge < -0.3 is 4.74 Å². The summed E-state index contributed by atoms with van der Waals surface area (Å²) in [5.74, 6) is 0. The van der Waals surface area contributed by atoms with Gasteiger partial charge in [0.15, 0.2) is 0 Å². The maximum absolute atomic E-state index is 4.25. The van der Waals surface area contributed by atoms with Crippen LogP contribution in [0.4, 0.5) is 0 Å². The molecule has 0 N–H and O–H groups in total. The summed E-state index contributed by atoms with van der Waals surface area (Å²) in [6, 6.07) is 0. The lowest BCUT2D eigenvalue weighted by atomic mass is 10.1. The summed E-state index contributed by atoms with van der Waals surface area (Å²) in [5.41, 5.74) is 4.20. The van der Waals surface area contributed by atoms with Crippen molar-refractivity contribution in [1.29, 1.82) is 0 Å². The van der Waals surface area contributed by atoms with E-state index >= 15 is 0 Å². The number of allylic oxidation sites excluding steroid dienone is 5. The first-order chi connectivity index (χ1) is 7.93. The highest BCUT2D eigenvalue weighted by Crippen LogP contribution is 2.10. The topological polar surface area (TPSA) is 9.23 Å². The number of rotatable bonds is 6. The van der Waals surface area contributed by atoms with E-state index in [2.05, 4.69) is 51.2 Å². The maximum Gasteiger partial charge on any atom is 0.0351 e. The summed E-state index contributed by atoms with van der Waals surface area (Å²) >= 11 is 0. The van der Waals surface area contributed by atoms with Crippen LogP contribution in [-0.4, -0.2) is 14.2 Å². The van der Waals surface area contributed by atoms with Crippen molar-refractivity contribution in [3.63, 3.8) is 0 Å². The third kappa shape index (κ3) is 21.1. The van der Waals surface area contributed by atoms with Gasteiger partial charge in [0.1, 0.15) is 0 Å². The van der Waals surface area contributed by atoms with Gasteiger partial charge in [-0.25, -0.2) is 0 Å². The lowest BCUT2D eigenvalue weighted by molar-refractivity contribution is 0.277. The third-order valence-corrected chi connectivity index (χ3v) is 2.16. The Labute approximate surface area is 108 Å². The Morgan fingerprint density at radius 2 is 1.41 bits per heavy atom. The minimum absolute atomic E-state index is 1.12. The molecule has 0 heterocycles. The fraction of sp³-hybridized carbons (Fsp3) is 0.625. The van der Waals surface area contributed by atoms with Crippen LogP contribution in [0.25, 0.3) is 0 Å². The van der Waals surface area contributed by atoms with Crippen molar-refractivity contribution >= 4 is 0 Å². The Balaban J connectivity index is 0. The quantitative estimate of drug-likeness (QED) is 0.571. The minimum Gasteiger partial charge on any atom is -0.388 e. The Hall–Kier alpha value is -0.820. The molecule has 0 bridgehead atoms. The van der Waals surface area contributed by atoms with Crippen LogP contribution in [0.1, 0.15) is 53.4 Å². The molecule has 0 saturated carbocycles. The maximum atomic E-state index is 4.25. The van der Waals surface area contributed by atoms with Crippen LogP contribution in [0.3, 0.4) is 0 Å². The van der Waals surface area contributed by atoms with Crippen LogP contribution in [0.5, 0.6) is 0 Å². The molecular formula is C16H30O. The van der Waals surface area contributed by atoms with E-state index in [4.69, 9.17) is 0 Å². The number of ether oxygens (including phenoxy) is 1. The predicted molar refractivity (Wildman–Crippen MR) is 79.4 cm³/mol. The van der Waals surface area contributed by atoms with E-state index in [-0.39, 0.29) is 0 Å². The zero-order valence-corrected chi connectivity index (χ0v) is 12.6. The van der Waals surface area contributed by atoms with Gasteiger partial charge in [0.25, 0.3) is 0 Å². The Kier molecular flexibility index (Phi) is 14.4. The molecule has 0 spiro atoms. The highest BCUT2D eigenvalue weighted by molar-refractivity contribution is 5.03. The molecule has 0 aliphatic carbocycles. The molecule has 0 fully saturated rings. The average molecular weight is 238 g/mol. The van der Waals surface area contributed by atoms with E-state index in [1.807, 2.05) is 0 Å². The average Bonchev–Trinajstić information content (AvgIpc) is 2.17. The van der Waals surface area contributed by atoms with Crippen LogP contribution in [0, 0.1) is 0 Å². The molecule has 0 aromatic rings. The van der Waals surface area contributed by atoms with Crippen molar-refractivity contribution in [2.24, 2.45) is 0 Å². The molecule has 0 aliphatic rings. The molecule has 1 nitrogen and oxygen atoms in total. The molecule has 0 aromatic heterocycles. The molecule has 0 atom stereocenters. The third-order valence-electron chi connectivity index (χ3n) is 2.16. The molecule has 0 rings (SSSR count). The normalized spacial score (nSPS) is 10.4. The second-order valence-electron chi connectivity index (χ2n) is 4.77. The van der Waals surface area contributed by atoms with Crippen molar-refractivity contribution < 1.29 is 4.74 Å². The molecule has 0 radical (unpaired) electrons. The van der Waals surface area contributed by atoms with Crippen LogP contribution >= 0.6 is 0 Å². The summed E-state index contributed by atoms with van der Waals surface area (Å²) in [6.45, 7) is 12.5. The lowest BCUT2D eigenvalue weighted by Crippen LogP contribution is -1.79. The number of hydrogen-bond donors (Lipinski definition) is 0. The monoisotopic (exact) mass is 238 g/mol. The molecule has 0 saturated heterocycles. The van der Waals surface area contributed by atoms with Crippen molar-refractivity contribution in [3.8, 4) is 0 Å². The van der Waals surface area contributed by atoms with Crippen LogP contribution in [0.15, 0.2) is 35.5 Å². The standard InChI is InChI=1S/C14H24.C2H6O/c1-12(2)8-6-10-14(5)11-7-9-13(3)4;1-3-2/h9-10H,1,6-8,11H2,2-5H3;1-2H3. The zero-order chi connectivity index (χ0) is 13.7. The summed E-state index contributed by atoms with van der Waals surface area (Å²) in [5, 5.41) is 0. The van der Waals surface area contributed by atoms with Crippen LogP contribution in [-0.2, 0) is 4.74 Å². The van der Waals surface area contributed by atoms with Crippen LogP contribution in [0.2, 0.25) is 0 Å². The summed E-state index contributed by atoms with van der Waals surface area (Å²) in [4.78, 5) is 0. The second-order valence-corrected chi connectivity index (χ2v) is 4.77. The Morgan fingerprint density at radius 1 is 0.941 bits per heavy atom. The van der Waals surface area contributed by atoms with E-state index in [1.54, 1.807) is 14.2 Å². The van der Waals surface area contributed by atoms with Gasteiger partial charge in [-0.15, -0.1) is 6.58 Å². The van der Waals surface area contributed by atoms with Gasteiger partial charge in [-0.1, -0.05) is 28.9 Å². The summed E-state index contributed by atoms with van der Waals surface area (Å²) in [6.07, 6.45) is 9.29.